The average molecular weight is 241 g/mol. The Morgan fingerprint density at radius 3 is 2.50 bits per heavy atom. The van der Waals surface area contributed by atoms with Gasteiger partial charge in [-0.1, -0.05) is 23.7 Å². The zero-order valence-electron chi connectivity index (χ0n) is 10.1. The summed E-state index contributed by atoms with van der Waals surface area (Å²) in [5.74, 6) is -0.0441. The van der Waals surface area contributed by atoms with Crippen LogP contribution in [0.4, 0.5) is 0 Å². The van der Waals surface area contributed by atoms with Crippen molar-refractivity contribution in [3.8, 4) is 0 Å². The van der Waals surface area contributed by atoms with E-state index in [-0.39, 0.29) is 11.4 Å². The molecule has 1 atom stereocenters. The van der Waals surface area contributed by atoms with E-state index in [1.54, 1.807) is 31.2 Å². The molecule has 0 saturated heterocycles. The van der Waals surface area contributed by atoms with E-state index in [0.29, 0.717) is 10.6 Å². The van der Waals surface area contributed by atoms with Crippen LogP contribution < -0.4 is 0 Å². The number of ether oxygens (including phenoxy) is 1. The van der Waals surface area contributed by atoms with Crippen molar-refractivity contribution < 1.29 is 9.53 Å². The molecular formula is C13H17ClO2. The Balaban J connectivity index is 2.78. The second-order valence-corrected chi connectivity index (χ2v) is 5.18. The van der Waals surface area contributed by atoms with Crippen LogP contribution in [0.3, 0.4) is 0 Å². The predicted octanol–water partition coefficient (Wildman–Crippen LogP) is 3.73. The van der Waals surface area contributed by atoms with Crippen LogP contribution in [0.2, 0.25) is 5.02 Å². The molecule has 0 amide bonds. The summed E-state index contributed by atoms with van der Waals surface area (Å²) in [7, 11) is 0. The zero-order valence-corrected chi connectivity index (χ0v) is 10.8. The van der Waals surface area contributed by atoms with E-state index >= 15 is 0 Å². The summed E-state index contributed by atoms with van der Waals surface area (Å²) in [5, 5.41) is 0.564. The van der Waals surface area contributed by atoms with Gasteiger partial charge in [-0.05, 0) is 39.8 Å². The molecule has 0 radical (unpaired) electrons. The van der Waals surface area contributed by atoms with Gasteiger partial charge < -0.3 is 4.74 Å². The Bertz CT molecular complexity index is 380. The molecule has 1 unspecified atom stereocenters. The first-order valence-electron chi connectivity index (χ1n) is 5.27. The SMILES string of the molecule is CC(OC(C)(C)C)C(=O)c1cccc(Cl)c1. The highest BCUT2D eigenvalue weighted by Gasteiger charge is 2.22. The maximum Gasteiger partial charge on any atom is 0.191 e. The summed E-state index contributed by atoms with van der Waals surface area (Å²) in [6, 6.07) is 6.91. The molecular weight excluding hydrogens is 224 g/mol. The highest BCUT2D eigenvalue weighted by Crippen LogP contribution is 2.17. The number of hydrogen-bond acceptors (Lipinski definition) is 2. The van der Waals surface area contributed by atoms with E-state index in [4.69, 9.17) is 16.3 Å². The topological polar surface area (TPSA) is 26.3 Å². The van der Waals surface area contributed by atoms with Crippen molar-refractivity contribution in [2.75, 3.05) is 0 Å². The van der Waals surface area contributed by atoms with Crippen molar-refractivity contribution >= 4 is 17.4 Å². The monoisotopic (exact) mass is 240 g/mol. The van der Waals surface area contributed by atoms with Crippen molar-refractivity contribution in [3.05, 3.63) is 34.9 Å². The van der Waals surface area contributed by atoms with E-state index in [1.165, 1.54) is 0 Å². The number of rotatable bonds is 3. The third-order valence-corrected chi connectivity index (χ3v) is 2.24. The third kappa shape index (κ3) is 3.95. The molecule has 0 spiro atoms. The Morgan fingerprint density at radius 2 is 2.00 bits per heavy atom. The number of carbonyl (C=O) groups is 1. The van der Waals surface area contributed by atoms with Gasteiger partial charge in [0.05, 0.1) is 5.60 Å². The second kappa shape index (κ2) is 4.98. The second-order valence-electron chi connectivity index (χ2n) is 4.75. The minimum atomic E-state index is -0.460. The molecule has 0 heterocycles. The summed E-state index contributed by atoms with van der Waals surface area (Å²) >= 11 is 5.83. The van der Waals surface area contributed by atoms with Gasteiger partial charge in [0.2, 0.25) is 0 Å². The molecule has 16 heavy (non-hydrogen) atoms. The maximum absolute atomic E-state index is 12.0. The van der Waals surface area contributed by atoms with Gasteiger partial charge in [0.1, 0.15) is 6.10 Å². The molecule has 1 aromatic carbocycles. The van der Waals surface area contributed by atoms with Crippen LogP contribution >= 0.6 is 11.6 Å². The molecule has 3 heteroatoms. The smallest absolute Gasteiger partial charge is 0.191 e. The van der Waals surface area contributed by atoms with Gasteiger partial charge in [0, 0.05) is 10.6 Å². The normalized spacial score (nSPS) is 13.6. The number of halogens is 1. The summed E-state index contributed by atoms with van der Waals surface area (Å²) in [6.45, 7) is 7.53. The van der Waals surface area contributed by atoms with Crippen molar-refractivity contribution in [2.24, 2.45) is 0 Å². The summed E-state index contributed by atoms with van der Waals surface area (Å²) < 4.78 is 5.60. The number of hydrogen-bond donors (Lipinski definition) is 0. The van der Waals surface area contributed by atoms with E-state index < -0.39 is 6.10 Å². The van der Waals surface area contributed by atoms with Gasteiger partial charge in [-0.3, -0.25) is 4.79 Å². The first-order chi connectivity index (χ1) is 7.29. The van der Waals surface area contributed by atoms with Crippen LogP contribution in [-0.2, 0) is 4.74 Å². The predicted molar refractivity (Wildman–Crippen MR) is 66.1 cm³/mol. The van der Waals surface area contributed by atoms with Gasteiger partial charge in [-0.15, -0.1) is 0 Å². The summed E-state index contributed by atoms with van der Waals surface area (Å²) in [5.41, 5.74) is 0.262. The lowest BCUT2D eigenvalue weighted by Crippen LogP contribution is -2.31. The van der Waals surface area contributed by atoms with Crippen LogP contribution in [0.5, 0.6) is 0 Å². The molecule has 88 valence electrons. The lowest BCUT2D eigenvalue weighted by Gasteiger charge is -2.24. The molecule has 0 N–H and O–H groups in total. The van der Waals surface area contributed by atoms with Crippen molar-refractivity contribution in [1.82, 2.24) is 0 Å². The lowest BCUT2D eigenvalue weighted by molar-refractivity contribution is -0.0381. The quantitative estimate of drug-likeness (QED) is 0.753. The molecule has 0 saturated carbocycles. The van der Waals surface area contributed by atoms with Crippen molar-refractivity contribution in [1.29, 1.82) is 0 Å². The van der Waals surface area contributed by atoms with E-state index in [2.05, 4.69) is 0 Å². The molecule has 1 aromatic rings. The van der Waals surface area contributed by atoms with E-state index in [9.17, 15) is 4.79 Å². The standard InChI is InChI=1S/C13H17ClO2/c1-9(16-13(2,3)4)12(15)10-6-5-7-11(14)8-10/h5-9H,1-4H3. The molecule has 0 bridgehead atoms. The Hall–Kier alpha value is -0.860. The van der Waals surface area contributed by atoms with Gasteiger partial charge in [0.25, 0.3) is 0 Å². The van der Waals surface area contributed by atoms with Crippen LogP contribution in [0.25, 0.3) is 0 Å². The van der Waals surface area contributed by atoms with Crippen LogP contribution in [-0.4, -0.2) is 17.5 Å². The summed E-state index contributed by atoms with van der Waals surface area (Å²) in [6.07, 6.45) is -0.460. The van der Waals surface area contributed by atoms with E-state index in [1.807, 2.05) is 20.8 Å². The van der Waals surface area contributed by atoms with Gasteiger partial charge in [-0.25, -0.2) is 0 Å². The van der Waals surface area contributed by atoms with Crippen LogP contribution in [0.1, 0.15) is 38.1 Å². The lowest BCUT2D eigenvalue weighted by atomic mass is 10.1. The minimum absolute atomic E-state index is 0.0441. The highest BCUT2D eigenvalue weighted by atomic mass is 35.5. The first-order valence-corrected chi connectivity index (χ1v) is 5.65. The molecule has 0 aliphatic rings. The first kappa shape index (κ1) is 13.2. The molecule has 0 aromatic heterocycles. The minimum Gasteiger partial charge on any atom is -0.365 e. The van der Waals surface area contributed by atoms with Crippen LogP contribution in [0, 0.1) is 0 Å². The molecule has 1 rings (SSSR count). The largest absolute Gasteiger partial charge is 0.365 e. The molecule has 0 aliphatic heterocycles. The maximum atomic E-state index is 12.0. The number of carbonyl (C=O) groups excluding carboxylic acids is 1. The van der Waals surface area contributed by atoms with Crippen LogP contribution in [0.15, 0.2) is 24.3 Å². The highest BCUT2D eigenvalue weighted by molar-refractivity contribution is 6.31. The van der Waals surface area contributed by atoms with Gasteiger partial charge in [0.15, 0.2) is 5.78 Å². The molecule has 0 aliphatic carbocycles. The number of Topliss-reactive ketones (excluding diaryl/α,β-unsaturated/α-hetero) is 1. The molecule has 2 nitrogen and oxygen atoms in total. The van der Waals surface area contributed by atoms with E-state index in [0.717, 1.165) is 0 Å². The number of benzene rings is 1. The van der Waals surface area contributed by atoms with Crippen molar-refractivity contribution in [2.45, 2.75) is 39.4 Å². The van der Waals surface area contributed by atoms with Gasteiger partial charge in [-0.2, -0.15) is 0 Å². The molecule has 0 fully saturated rings. The van der Waals surface area contributed by atoms with Crippen molar-refractivity contribution in [3.63, 3.8) is 0 Å². The Morgan fingerprint density at radius 1 is 1.38 bits per heavy atom. The zero-order chi connectivity index (χ0) is 12.3. The fourth-order valence-corrected chi connectivity index (χ4v) is 1.65. The number of ketones is 1. The fraction of sp³-hybridized carbons (Fsp3) is 0.462. The van der Waals surface area contributed by atoms with Gasteiger partial charge >= 0.3 is 0 Å². The fourth-order valence-electron chi connectivity index (χ4n) is 1.46. The average Bonchev–Trinajstić information content (AvgIpc) is 2.14. The third-order valence-electron chi connectivity index (χ3n) is 2.01. The Kier molecular flexibility index (Phi) is 4.11. The summed E-state index contributed by atoms with van der Waals surface area (Å²) in [4.78, 5) is 12.0. The Labute approximate surface area is 102 Å².